The maximum absolute atomic E-state index is 11.2. The Balaban J connectivity index is 2.05. The highest BCUT2D eigenvalue weighted by molar-refractivity contribution is 7.86. The van der Waals surface area contributed by atoms with E-state index in [1.807, 2.05) is 18.2 Å². The number of nitrogens with zero attached hydrogens (tertiary/aromatic N) is 1. The fraction of sp³-hybridized carbons (Fsp3) is 0.188. The van der Waals surface area contributed by atoms with Gasteiger partial charge in [-0.05, 0) is 24.3 Å². The lowest BCUT2D eigenvalue weighted by Crippen LogP contribution is -2.05. The highest BCUT2D eigenvalue weighted by Crippen LogP contribution is 2.33. The predicted molar refractivity (Wildman–Crippen MR) is 90.1 cm³/mol. The monoisotopic (exact) mass is 348 g/mol. The molecule has 0 fully saturated rings. The Labute approximate surface area is 139 Å². The van der Waals surface area contributed by atoms with Crippen LogP contribution in [0.1, 0.15) is 0 Å². The van der Waals surface area contributed by atoms with E-state index in [9.17, 15) is 8.42 Å². The van der Waals surface area contributed by atoms with E-state index in [0.29, 0.717) is 22.9 Å². The van der Waals surface area contributed by atoms with Crippen LogP contribution in [0.3, 0.4) is 0 Å². The average Bonchev–Trinajstić information content (AvgIpc) is 2.95. The standard InChI is InChI=1S/C16H16N2O5S/c1-21-10-5-7-13-14(8-10)18-16(17-13)12-6-4-11(9-15(12)22-2)23-24(3,19)20/h4-9H,1-3H3,(H,17,18). The van der Waals surface area contributed by atoms with Gasteiger partial charge >= 0.3 is 10.1 Å². The van der Waals surface area contributed by atoms with Crippen molar-refractivity contribution < 1.29 is 22.1 Å². The zero-order valence-corrected chi connectivity index (χ0v) is 14.2. The Morgan fingerprint density at radius 1 is 1.00 bits per heavy atom. The van der Waals surface area contributed by atoms with Crippen LogP contribution in [0.5, 0.6) is 17.2 Å². The van der Waals surface area contributed by atoms with Gasteiger partial charge in [0.2, 0.25) is 0 Å². The molecule has 1 aromatic heterocycles. The van der Waals surface area contributed by atoms with Crippen LogP contribution >= 0.6 is 0 Å². The van der Waals surface area contributed by atoms with Gasteiger partial charge in [-0.1, -0.05) is 0 Å². The first-order valence-corrected chi connectivity index (χ1v) is 8.83. The van der Waals surface area contributed by atoms with Crippen molar-refractivity contribution in [3.05, 3.63) is 36.4 Å². The van der Waals surface area contributed by atoms with Crippen molar-refractivity contribution >= 4 is 21.2 Å². The molecule has 24 heavy (non-hydrogen) atoms. The number of aromatic nitrogens is 2. The van der Waals surface area contributed by atoms with Crippen LogP contribution in [0.15, 0.2) is 36.4 Å². The number of nitrogens with one attached hydrogen (secondary N) is 1. The summed E-state index contributed by atoms with van der Waals surface area (Å²) in [5.41, 5.74) is 2.29. The quantitative estimate of drug-likeness (QED) is 0.713. The molecule has 0 spiro atoms. The maximum Gasteiger partial charge on any atom is 0.306 e. The fourth-order valence-electron chi connectivity index (χ4n) is 2.33. The van der Waals surface area contributed by atoms with Crippen molar-refractivity contribution in [2.75, 3.05) is 20.5 Å². The number of aromatic amines is 1. The molecule has 3 aromatic rings. The van der Waals surface area contributed by atoms with E-state index in [1.165, 1.54) is 13.2 Å². The van der Waals surface area contributed by atoms with Gasteiger partial charge in [0.1, 0.15) is 23.1 Å². The summed E-state index contributed by atoms with van der Waals surface area (Å²) in [5.74, 6) is 1.93. The van der Waals surface area contributed by atoms with Crippen LogP contribution in [0, 0.1) is 0 Å². The van der Waals surface area contributed by atoms with Gasteiger partial charge in [-0.25, -0.2) is 4.98 Å². The number of ether oxygens (including phenoxy) is 2. The number of H-pyrrole nitrogens is 1. The molecule has 0 aliphatic rings. The number of methoxy groups -OCH3 is 2. The first kappa shape index (κ1) is 16.1. The highest BCUT2D eigenvalue weighted by Gasteiger charge is 2.14. The normalized spacial score (nSPS) is 11.5. The number of benzene rings is 2. The van der Waals surface area contributed by atoms with Crippen molar-refractivity contribution in [1.29, 1.82) is 0 Å². The molecule has 126 valence electrons. The number of imidazole rings is 1. The van der Waals surface area contributed by atoms with Gasteiger partial charge in [0.15, 0.2) is 0 Å². The summed E-state index contributed by atoms with van der Waals surface area (Å²) in [6, 6.07) is 10.3. The van der Waals surface area contributed by atoms with E-state index >= 15 is 0 Å². The number of hydrogen-bond donors (Lipinski definition) is 1. The minimum Gasteiger partial charge on any atom is -0.497 e. The van der Waals surface area contributed by atoms with Crippen LogP contribution in [0.4, 0.5) is 0 Å². The molecule has 0 amide bonds. The van der Waals surface area contributed by atoms with E-state index < -0.39 is 10.1 Å². The summed E-state index contributed by atoms with van der Waals surface area (Å²) in [5, 5.41) is 0. The predicted octanol–water partition coefficient (Wildman–Crippen LogP) is 2.59. The molecule has 8 heteroatoms. The second-order valence-electron chi connectivity index (χ2n) is 5.12. The molecule has 1 heterocycles. The lowest BCUT2D eigenvalue weighted by molar-refractivity contribution is 0.413. The van der Waals surface area contributed by atoms with E-state index in [2.05, 4.69) is 9.97 Å². The molecule has 0 aliphatic carbocycles. The Kier molecular flexibility index (Phi) is 4.06. The summed E-state index contributed by atoms with van der Waals surface area (Å²) >= 11 is 0. The summed E-state index contributed by atoms with van der Waals surface area (Å²) in [4.78, 5) is 7.73. The molecule has 0 atom stereocenters. The van der Waals surface area contributed by atoms with Gasteiger partial charge in [0, 0.05) is 12.1 Å². The summed E-state index contributed by atoms with van der Waals surface area (Å²) in [7, 11) is -0.510. The first-order chi connectivity index (χ1) is 11.4. The molecule has 1 N–H and O–H groups in total. The zero-order valence-electron chi connectivity index (χ0n) is 13.4. The Bertz CT molecular complexity index is 995. The van der Waals surface area contributed by atoms with E-state index in [1.54, 1.807) is 19.2 Å². The van der Waals surface area contributed by atoms with Crippen LogP contribution < -0.4 is 13.7 Å². The minimum absolute atomic E-state index is 0.177. The Morgan fingerprint density at radius 2 is 1.75 bits per heavy atom. The van der Waals surface area contributed by atoms with Crippen molar-refractivity contribution in [2.24, 2.45) is 0 Å². The van der Waals surface area contributed by atoms with E-state index in [-0.39, 0.29) is 5.75 Å². The van der Waals surface area contributed by atoms with Gasteiger partial charge in [-0.2, -0.15) is 8.42 Å². The van der Waals surface area contributed by atoms with Crippen molar-refractivity contribution in [3.63, 3.8) is 0 Å². The average molecular weight is 348 g/mol. The first-order valence-electron chi connectivity index (χ1n) is 7.01. The second kappa shape index (κ2) is 6.04. The third kappa shape index (κ3) is 3.28. The Morgan fingerprint density at radius 3 is 2.42 bits per heavy atom. The smallest absolute Gasteiger partial charge is 0.306 e. The largest absolute Gasteiger partial charge is 0.497 e. The van der Waals surface area contributed by atoms with Gasteiger partial charge in [-0.3, -0.25) is 0 Å². The van der Waals surface area contributed by atoms with Gasteiger partial charge in [0.25, 0.3) is 0 Å². The van der Waals surface area contributed by atoms with Crippen molar-refractivity contribution in [2.45, 2.75) is 0 Å². The Hall–Kier alpha value is -2.74. The molecule has 0 unspecified atom stereocenters. The van der Waals surface area contributed by atoms with Gasteiger partial charge in [-0.15, -0.1) is 0 Å². The number of hydrogen-bond acceptors (Lipinski definition) is 6. The second-order valence-corrected chi connectivity index (χ2v) is 6.69. The zero-order chi connectivity index (χ0) is 17.3. The minimum atomic E-state index is -3.60. The number of fused-ring (bicyclic) bond motifs is 1. The van der Waals surface area contributed by atoms with E-state index in [4.69, 9.17) is 13.7 Å². The molecule has 0 saturated carbocycles. The summed E-state index contributed by atoms with van der Waals surface area (Å²) < 4.78 is 37.9. The SMILES string of the molecule is COc1ccc2[nH]c(-c3ccc(OS(C)(=O)=O)cc3OC)nc2c1. The third-order valence-corrected chi connectivity index (χ3v) is 3.86. The maximum atomic E-state index is 11.2. The summed E-state index contributed by atoms with van der Waals surface area (Å²) in [6.07, 6.45) is 0.986. The van der Waals surface area contributed by atoms with Gasteiger partial charge in [0.05, 0.1) is 37.1 Å². The summed E-state index contributed by atoms with van der Waals surface area (Å²) in [6.45, 7) is 0. The fourth-order valence-corrected chi connectivity index (χ4v) is 2.79. The topological polar surface area (TPSA) is 90.5 Å². The van der Waals surface area contributed by atoms with Crippen LogP contribution in [0.2, 0.25) is 0 Å². The molecule has 0 bridgehead atoms. The lowest BCUT2D eigenvalue weighted by atomic mass is 10.2. The van der Waals surface area contributed by atoms with E-state index in [0.717, 1.165) is 17.3 Å². The van der Waals surface area contributed by atoms with Crippen LogP contribution in [-0.2, 0) is 10.1 Å². The highest BCUT2D eigenvalue weighted by atomic mass is 32.2. The molecule has 0 saturated heterocycles. The number of rotatable bonds is 5. The van der Waals surface area contributed by atoms with Crippen molar-refractivity contribution in [1.82, 2.24) is 9.97 Å². The molecule has 7 nitrogen and oxygen atoms in total. The molecule has 0 radical (unpaired) electrons. The van der Waals surface area contributed by atoms with Crippen LogP contribution in [0.25, 0.3) is 22.4 Å². The lowest BCUT2D eigenvalue weighted by Gasteiger charge is -2.09. The molecular formula is C16H16N2O5S. The molecular weight excluding hydrogens is 332 g/mol. The third-order valence-electron chi connectivity index (χ3n) is 3.37. The molecule has 2 aromatic carbocycles. The van der Waals surface area contributed by atoms with Crippen molar-refractivity contribution in [3.8, 4) is 28.6 Å². The molecule has 3 rings (SSSR count). The van der Waals surface area contributed by atoms with Gasteiger partial charge < -0.3 is 18.6 Å². The van der Waals surface area contributed by atoms with Crippen LogP contribution in [-0.4, -0.2) is 38.9 Å². The molecule has 0 aliphatic heterocycles.